The van der Waals surface area contributed by atoms with Gasteiger partial charge in [-0.3, -0.25) is 0 Å². The molecular formula is C16H21N3S. The van der Waals surface area contributed by atoms with E-state index in [9.17, 15) is 0 Å². The Kier molecular flexibility index (Phi) is 4.03. The van der Waals surface area contributed by atoms with Crippen LogP contribution in [0.4, 0.5) is 10.8 Å². The number of thiazole rings is 1. The number of hydrogen-bond donors (Lipinski definition) is 1. The topological polar surface area (TPSA) is 28.2 Å². The lowest BCUT2D eigenvalue weighted by Crippen LogP contribution is -2.23. The molecule has 0 saturated heterocycles. The van der Waals surface area contributed by atoms with Crippen LogP contribution >= 0.6 is 11.3 Å². The zero-order chi connectivity index (χ0) is 13.9. The number of aryl methyl sites for hydroxylation is 1. The molecule has 3 nitrogen and oxygen atoms in total. The summed E-state index contributed by atoms with van der Waals surface area (Å²) in [6.07, 6.45) is 3.59. The molecule has 20 heavy (non-hydrogen) atoms. The summed E-state index contributed by atoms with van der Waals surface area (Å²) in [6, 6.07) is 10.9. The molecule has 0 aliphatic heterocycles. The van der Waals surface area contributed by atoms with Gasteiger partial charge in [0.05, 0.1) is 5.69 Å². The Morgan fingerprint density at radius 3 is 2.90 bits per heavy atom. The van der Waals surface area contributed by atoms with E-state index in [0.717, 1.165) is 18.1 Å². The molecule has 1 N–H and O–H groups in total. The Morgan fingerprint density at radius 1 is 1.35 bits per heavy atom. The monoisotopic (exact) mass is 287 g/mol. The van der Waals surface area contributed by atoms with E-state index in [1.807, 2.05) is 17.4 Å². The van der Waals surface area contributed by atoms with Crippen LogP contribution < -0.4 is 10.2 Å². The molecular weight excluding hydrogens is 266 g/mol. The van der Waals surface area contributed by atoms with Crippen LogP contribution in [0.1, 0.15) is 36.4 Å². The van der Waals surface area contributed by atoms with E-state index in [1.165, 1.54) is 29.1 Å². The zero-order valence-electron chi connectivity index (χ0n) is 12.1. The fraction of sp³-hybridized carbons (Fsp3) is 0.438. The summed E-state index contributed by atoms with van der Waals surface area (Å²) in [5.41, 5.74) is 2.49. The van der Waals surface area contributed by atoms with Crippen molar-refractivity contribution in [1.29, 1.82) is 0 Å². The first kappa shape index (κ1) is 13.6. The molecule has 2 aromatic rings. The van der Waals surface area contributed by atoms with Gasteiger partial charge in [0.1, 0.15) is 0 Å². The van der Waals surface area contributed by atoms with Crippen molar-refractivity contribution in [1.82, 2.24) is 10.3 Å². The van der Waals surface area contributed by atoms with E-state index < -0.39 is 0 Å². The smallest absolute Gasteiger partial charge is 0.190 e. The summed E-state index contributed by atoms with van der Waals surface area (Å²) in [7, 11) is 2.10. The summed E-state index contributed by atoms with van der Waals surface area (Å²) in [6.45, 7) is 3.19. The van der Waals surface area contributed by atoms with Crippen LogP contribution in [0.15, 0.2) is 30.3 Å². The van der Waals surface area contributed by atoms with E-state index in [2.05, 4.69) is 48.5 Å². The first-order valence-corrected chi connectivity index (χ1v) is 8.13. The normalized spacial score (nSPS) is 17.8. The molecule has 0 bridgehead atoms. The highest BCUT2D eigenvalue weighted by molar-refractivity contribution is 7.15. The quantitative estimate of drug-likeness (QED) is 0.924. The summed E-state index contributed by atoms with van der Waals surface area (Å²) in [5.74, 6) is 0. The Hall–Kier alpha value is -1.39. The standard InChI is InChI=1S/C16H21N3S/c1-3-17-13-10-7-11-14-15(13)20-16(18-14)19(2)12-8-5-4-6-9-12/h4-6,8-9,13,17H,3,7,10-11H2,1-2H3. The van der Waals surface area contributed by atoms with Gasteiger partial charge in [0.15, 0.2) is 5.13 Å². The van der Waals surface area contributed by atoms with Gasteiger partial charge in [0, 0.05) is 23.7 Å². The number of hydrogen-bond acceptors (Lipinski definition) is 4. The average molecular weight is 287 g/mol. The number of para-hydroxylation sites is 1. The molecule has 3 rings (SSSR count). The van der Waals surface area contributed by atoms with Gasteiger partial charge < -0.3 is 10.2 Å². The number of fused-ring (bicyclic) bond motifs is 1. The van der Waals surface area contributed by atoms with Gasteiger partial charge in [-0.1, -0.05) is 36.5 Å². The molecule has 106 valence electrons. The second-order valence-electron chi connectivity index (χ2n) is 5.20. The second-order valence-corrected chi connectivity index (χ2v) is 6.21. The molecule has 1 aliphatic carbocycles. The van der Waals surface area contributed by atoms with Crippen LogP contribution in [0, 0.1) is 0 Å². The Balaban J connectivity index is 1.89. The minimum atomic E-state index is 0.499. The molecule has 1 atom stereocenters. The van der Waals surface area contributed by atoms with Crippen LogP contribution in [-0.4, -0.2) is 18.6 Å². The van der Waals surface area contributed by atoms with Gasteiger partial charge in [0.2, 0.25) is 0 Å². The summed E-state index contributed by atoms with van der Waals surface area (Å²) in [4.78, 5) is 8.49. The lowest BCUT2D eigenvalue weighted by molar-refractivity contribution is 0.476. The van der Waals surface area contributed by atoms with Crippen molar-refractivity contribution >= 4 is 22.2 Å². The van der Waals surface area contributed by atoms with Crippen LogP contribution in [0.2, 0.25) is 0 Å². The Labute approximate surface area is 124 Å². The number of nitrogens with one attached hydrogen (secondary N) is 1. The highest BCUT2D eigenvalue weighted by atomic mass is 32.1. The van der Waals surface area contributed by atoms with E-state index in [4.69, 9.17) is 4.98 Å². The predicted molar refractivity (Wildman–Crippen MR) is 86.0 cm³/mol. The SMILES string of the molecule is CCNC1CCCc2nc(N(C)c3ccccc3)sc21. The maximum Gasteiger partial charge on any atom is 0.190 e. The molecule has 1 aromatic carbocycles. The molecule has 1 aliphatic rings. The third kappa shape index (κ3) is 2.58. The van der Waals surface area contributed by atoms with Crippen molar-refractivity contribution in [3.63, 3.8) is 0 Å². The minimum Gasteiger partial charge on any atom is -0.321 e. The van der Waals surface area contributed by atoms with E-state index >= 15 is 0 Å². The average Bonchev–Trinajstić information content (AvgIpc) is 2.93. The third-order valence-electron chi connectivity index (χ3n) is 3.82. The minimum absolute atomic E-state index is 0.499. The van der Waals surface area contributed by atoms with Crippen LogP contribution in [0.5, 0.6) is 0 Å². The van der Waals surface area contributed by atoms with E-state index in [-0.39, 0.29) is 0 Å². The van der Waals surface area contributed by atoms with Crippen molar-refractivity contribution in [2.75, 3.05) is 18.5 Å². The zero-order valence-corrected chi connectivity index (χ0v) is 12.9. The molecule has 1 heterocycles. The summed E-state index contributed by atoms with van der Waals surface area (Å²) >= 11 is 1.84. The first-order chi connectivity index (χ1) is 9.79. The lowest BCUT2D eigenvalue weighted by Gasteiger charge is -2.21. The Bertz CT molecular complexity index is 564. The van der Waals surface area contributed by atoms with Crippen molar-refractivity contribution in [2.45, 2.75) is 32.2 Å². The maximum atomic E-state index is 4.86. The molecule has 0 radical (unpaired) electrons. The number of aromatic nitrogens is 1. The number of rotatable bonds is 4. The molecule has 0 spiro atoms. The van der Waals surface area contributed by atoms with Gasteiger partial charge in [-0.25, -0.2) is 4.98 Å². The van der Waals surface area contributed by atoms with E-state index in [0.29, 0.717) is 6.04 Å². The summed E-state index contributed by atoms with van der Waals surface area (Å²) in [5, 5.41) is 4.69. The van der Waals surface area contributed by atoms with Crippen molar-refractivity contribution in [3.05, 3.63) is 40.9 Å². The number of nitrogens with zero attached hydrogens (tertiary/aromatic N) is 2. The molecule has 1 aromatic heterocycles. The highest BCUT2D eigenvalue weighted by Crippen LogP contribution is 2.38. The fourth-order valence-electron chi connectivity index (χ4n) is 2.75. The van der Waals surface area contributed by atoms with Crippen LogP contribution in [0.3, 0.4) is 0 Å². The number of anilines is 2. The highest BCUT2D eigenvalue weighted by Gasteiger charge is 2.25. The Morgan fingerprint density at radius 2 is 2.15 bits per heavy atom. The van der Waals surface area contributed by atoms with Gasteiger partial charge in [-0.15, -0.1) is 0 Å². The number of benzene rings is 1. The maximum absolute atomic E-state index is 4.86. The van der Waals surface area contributed by atoms with E-state index in [1.54, 1.807) is 0 Å². The molecule has 0 amide bonds. The van der Waals surface area contributed by atoms with Crippen molar-refractivity contribution < 1.29 is 0 Å². The lowest BCUT2D eigenvalue weighted by atomic mass is 9.98. The molecule has 0 saturated carbocycles. The van der Waals surface area contributed by atoms with Gasteiger partial charge in [0.25, 0.3) is 0 Å². The predicted octanol–water partition coefficient (Wildman–Crippen LogP) is 3.90. The van der Waals surface area contributed by atoms with Crippen LogP contribution in [0.25, 0.3) is 0 Å². The van der Waals surface area contributed by atoms with Gasteiger partial charge >= 0.3 is 0 Å². The molecule has 4 heteroatoms. The fourth-order valence-corrected chi connectivity index (χ4v) is 3.96. The summed E-state index contributed by atoms with van der Waals surface area (Å²) < 4.78 is 0. The second kappa shape index (κ2) is 5.94. The van der Waals surface area contributed by atoms with Gasteiger partial charge in [-0.2, -0.15) is 0 Å². The third-order valence-corrected chi connectivity index (χ3v) is 5.11. The van der Waals surface area contributed by atoms with Crippen LogP contribution in [-0.2, 0) is 6.42 Å². The largest absolute Gasteiger partial charge is 0.321 e. The van der Waals surface area contributed by atoms with Crippen molar-refractivity contribution in [2.24, 2.45) is 0 Å². The molecule has 0 fully saturated rings. The van der Waals surface area contributed by atoms with Crippen molar-refractivity contribution in [3.8, 4) is 0 Å². The first-order valence-electron chi connectivity index (χ1n) is 7.31. The van der Waals surface area contributed by atoms with Gasteiger partial charge in [-0.05, 0) is 37.9 Å². The molecule has 1 unspecified atom stereocenters.